The monoisotopic (exact) mass is 382 g/mol. The zero-order chi connectivity index (χ0) is 19.3. The quantitative estimate of drug-likeness (QED) is 0.579. The minimum Gasteiger partial charge on any atom is -0.493 e. The Morgan fingerprint density at radius 3 is 2.11 bits per heavy atom. The van der Waals surface area contributed by atoms with E-state index in [0.29, 0.717) is 12.0 Å². The van der Waals surface area contributed by atoms with E-state index >= 15 is 0 Å². The molecule has 0 heterocycles. The predicted molar refractivity (Wildman–Crippen MR) is 101 cm³/mol. The van der Waals surface area contributed by atoms with E-state index < -0.39 is 9.84 Å². The van der Waals surface area contributed by atoms with E-state index in [-0.39, 0.29) is 27.7 Å². The molecule has 0 spiro atoms. The maximum Gasteiger partial charge on any atom is 0.207 e. The number of ether oxygens (including phenoxy) is 2. The summed E-state index contributed by atoms with van der Waals surface area (Å²) >= 11 is 0. The maximum absolute atomic E-state index is 12.9. The lowest BCUT2D eigenvalue weighted by Crippen LogP contribution is -2.07. The summed E-state index contributed by atoms with van der Waals surface area (Å²) in [5.41, 5.74) is 0.955. The summed E-state index contributed by atoms with van der Waals surface area (Å²) in [5.74, 6) is 0.543. The van der Waals surface area contributed by atoms with Crippen molar-refractivity contribution in [3.8, 4) is 11.5 Å². The molecule has 6 heteroatoms. The molecule has 0 unspecified atom stereocenters. The summed E-state index contributed by atoms with van der Waals surface area (Å²) in [4.78, 5) is 11.6. The molecule has 0 fully saturated rings. The van der Waals surface area contributed by atoms with E-state index in [1.807, 2.05) is 30.3 Å². The molecule has 5 nitrogen and oxygen atoms in total. The van der Waals surface area contributed by atoms with Crippen LogP contribution in [0.2, 0.25) is 0 Å². The van der Waals surface area contributed by atoms with E-state index in [4.69, 9.17) is 9.47 Å². The van der Waals surface area contributed by atoms with Gasteiger partial charge in [-0.2, -0.15) is 0 Å². The van der Waals surface area contributed by atoms with Crippen molar-refractivity contribution < 1.29 is 22.7 Å². The standard InChI is InChI=1S/C21H18O5S/c1-25-19-13-21(27(23,24)18-10-6-3-7-11-18)17(14-22)12-20(19)26-15-16-8-4-2-5-9-16/h2-14H,15H2,1H3. The molecule has 0 aromatic heterocycles. The number of rotatable bonds is 7. The number of benzene rings is 3. The molecule has 0 radical (unpaired) electrons. The first-order valence-corrected chi connectivity index (χ1v) is 9.68. The van der Waals surface area contributed by atoms with Crippen molar-refractivity contribution in [2.45, 2.75) is 16.4 Å². The second kappa shape index (κ2) is 8.05. The summed E-state index contributed by atoms with van der Waals surface area (Å²) in [6.45, 7) is 0.264. The van der Waals surface area contributed by atoms with Gasteiger partial charge in [-0.15, -0.1) is 0 Å². The molecule has 0 saturated heterocycles. The second-order valence-corrected chi connectivity index (χ2v) is 7.67. The van der Waals surface area contributed by atoms with Crippen LogP contribution in [-0.4, -0.2) is 21.8 Å². The Labute approximate surface area is 158 Å². The van der Waals surface area contributed by atoms with Crippen molar-refractivity contribution in [1.29, 1.82) is 0 Å². The van der Waals surface area contributed by atoms with Crippen molar-refractivity contribution in [2.75, 3.05) is 7.11 Å². The normalized spacial score (nSPS) is 11.0. The molecule has 0 N–H and O–H groups in total. The third-order valence-corrected chi connectivity index (χ3v) is 5.83. The summed E-state index contributed by atoms with van der Waals surface area (Å²) in [6, 6.07) is 20.2. The highest BCUT2D eigenvalue weighted by molar-refractivity contribution is 7.91. The fourth-order valence-corrected chi connectivity index (χ4v) is 4.06. The van der Waals surface area contributed by atoms with Gasteiger partial charge in [-0.3, -0.25) is 4.79 Å². The molecule has 0 saturated carbocycles. The number of carbonyl (C=O) groups is 1. The number of aldehydes is 1. The van der Waals surface area contributed by atoms with Crippen molar-refractivity contribution in [3.05, 3.63) is 83.9 Å². The summed E-state index contributed by atoms with van der Waals surface area (Å²) in [6.07, 6.45) is 0.505. The molecule has 3 aromatic rings. The zero-order valence-electron chi connectivity index (χ0n) is 14.7. The van der Waals surface area contributed by atoms with Crippen LogP contribution in [0.5, 0.6) is 11.5 Å². The van der Waals surface area contributed by atoms with Crippen LogP contribution in [0.3, 0.4) is 0 Å². The van der Waals surface area contributed by atoms with Gasteiger partial charge in [-0.05, 0) is 23.8 Å². The SMILES string of the molecule is COc1cc(S(=O)(=O)c2ccccc2)c(C=O)cc1OCc1ccccc1. The Balaban J connectivity index is 2.01. The van der Waals surface area contributed by atoms with Gasteiger partial charge in [0, 0.05) is 11.6 Å². The van der Waals surface area contributed by atoms with Gasteiger partial charge in [-0.1, -0.05) is 48.5 Å². The van der Waals surface area contributed by atoms with Crippen molar-refractivity contribution in [1.82, 2.24) is 0 Å². The van der Waals surface area contributed by atoms with Gasteiger partial charge >= 0.3 is 0 Å². The van der Waals surface area contributed by atoms with Crippen LogP contribution in [0, 0.1) is 0 Å². The Hall–Kier alpha value is -3.12. The Morgan fingerprint density at radius 2 is 1.52 bits per heavy atom. The van der Waals surface area contributed by atoms with Crippen LogP contribution in [0.4, 0.5) is 0 Å². The van der Waals surface area contributed by atoms with Crippen LogP contribution in [0.1, 0.15) is 15.9 Å². The molecule has 0 atom stereocenters. The lowest BCUT2D eigenvalue weighted by atomic mass is 10.2. The molecule has 138 valence electrons. The topological polar surface area (TPSA) is 69.7 Å². The van der Waals surface area contributed by atoms with E-state index in [1.54, 1.807) is 18.2 Å². The molecule has 3 aromatic carbocycles. The third-order valence-electron chi connectivity index (χ3n) is 4.00. The molecular formula is C21H18O5S. The van der Waals surface area contributed by atoms with Crippen molar-refractivity contribution in [2.24, 2.45) is 0 Å². The van der Waals surface area contributed by atoms with Crippen molar-refractivity contribution >= 4 is 16.1 Å². The summed E-state index contributed by atoms with van der Waals surface area (Å²) < 4.78 is 36.9. The first-order chi connectivity index (χ1) is 13.1. The Bertz CT molecular complexity index is 1030. The van der Waals surface area contributed by atoms with Gasteiger partial charge in [0.1, 0.15) is 6.61 Å². The Kier molecular flexibility index (Phi) is 5.57. The molecular weight excluding hydrogens is 364 g/mol. The largest absolute Gasteiger partial charge is 0.493 e. The molecule has 0 amide bonds. The molecule has 0 aliphatic carbocycles. The minimum atomic E-state index is -3.86. The van der Waals surface area contributed by atoms with Gasteiger partial charge in [0.25, 0.3) is 0 Å². The highest BCUT2D eigenvalue weighted by Crippen LogP contribution is 2.35. The van der Waals surface area contributed by atoms with Gasteiger partial charge in [0.05, 0.1) is 16.9 Å². The number of hydrogen-bond donors (Lipinski definition) is 0. The Morgan fingerprint density at radius 1 is 0.889 bits per heavy atom. The maximum atomic E-state index is 12.9. The highest BCUT2D eigenvalue weighted by atomic mass is 32.2. The highest BCUT2D eigenvalue weighted by Gasteiger charge is 2.24. The molecule has 3 rings (SSSR count). The zero-order valence-corrected chi connectivity index (χ0v) is 15.5. The van der Waals surface area contributed by atoms with Gasteiger partial charge in [0.15, 0.2) is 17.8 Å². The summed E-state index contributed by atoms with van der Waals surface area (Å²) in [7, 11) is -2.44. The van der Waals surface area contributed by atoms with Gasteiger partial charge in [-0.25, -0.2) is 8.42 Å². The van der Waals surface area contributed by atoms with E-state index in [0.717, 1.165) is 5.56 Å². The minimum absolute atomic E-state index is 0.0164. The second-order valence-electron chi connectivity index (χ2n) is 5.75. The molecule has 0 aliphatic heterocycles. The van der Waals surface area contributed by atoms with Crippen LogP contribution in [0.25, 0.3) is 0 Å². The number of hydrogen-bond acceptors (Lipinski definition) is 5. The first kappa shape index (κ1) is 18.7. The van der Waals surface area contributed by atoms with Gasteiger partial charge in [0.2, 0.25) is 9.84 Å². The summed E-state index contributed by atoms with van der Waals surface area (Å²) in [5, 5.41) is 0. The number of carbonyl (C=O) groups excluding carboxylic acids is 1. The fourth-order valence-electron chi connectivity index (χ4n) is 2.62. The predicted octanol–water partition coefficient (Wildman–Crippen LogP) is 3.92. The number of methoxy groups -OCH3 is 1. The van der Waals surface area contributed by atoms with Crippen LogP contribution in [0.15, 0.2) is 82.6 Å². The van der Waals surface area contributed by atoms with Crippen LogP contribution < -0.4 is 9.47 Å². The average molecular weight is 382 g/mol. The third kappa shape index (κ3) is 4.01. The van der Waals surface area contributed by atoms with E-state index in [2.05, 4.69) is 0 Å². The number of sulfone groups is 1. The smallest absolute Gasteiger partial charge is 0.207 e. The lowest BCUT2D eigenvalue weighted by molar-refractivity contribution is 0.112. The van der Waals surface area contributed by atoms with E-state index in [9.17, 15) is 13.2 Å². The molecule has 0 aliphatic rings. The van der Waals surface area contributed by atoms with Crippen molar-refractivity contribution in [3.63, 3.8) is 0 Å². The van der Waals surface area contributed by atoms with Gasteiger partial charge < -0.3 is 9.47 Å². The van der Waals surface area contributed by atoms with Crippen LogP contribution in [-0.2, 0) is 16.4 Å². The fraction of sp³-hybridized carbons (Fsp3) is 0.0952. The lowest BCUT2D eigenvalue weighted by Gasteiger charge is -2.14. The van der Waals surface area contributed by atoms with Crippen LogP contribution >= 0.6 is 0 Å². The molecule has 0 bridgehead atoms. The average Bonchev–Trinajstić information content (AvgIpc) is 2.72. The first-order valence-electron chi connectivity index (χ1n) is 8.20. The molecule has 27 heavy (non-hydrogen) atoms. The van der Waals surface area contributed by atoms with E-state index in [1.165, 1.54) is 31.4 Å².